The largest absolute Gasteiger partial charge is 0.339 e. The fraction of sp³-hybridized carbons (Fsp3) is 0.562. The number of carbonyl (C=O) groups is 1. The second-order valence-electron chi connectivity index (χ2n) is 6.41. The molecule has 1 amide bonds. The molecular weight excluding hydrogens is 321 g/mol. The molecule has 1 aliphatic rings. The summed E-state index contributed by atoms with van der Waals surface area (Å²) in [5, 5.41) is 0. The van der Waals surface area contributed by atoms with Gasteiger partial charge in [0.25, 0.3) is 5.91 Å². The zero-order valence-electron chi connectivity index (χ0n) is 12.2. The second-order valence-corrected chi connectivity index (χ2v) is 7.21. The van der Waals surface area contributed by atoms with Gasteiger partial charge in [0, 0.05) is 13.1 Å². The Labute approximate surface area is 128 Å². The molecular formula is C16H21BrFNO. The average molecular weight is 342 g/mol. The number of rotatable bonds is 2. The van der Waals surface area contributed by atoms with E-state index in [2.05, 4.69) is 29.8 Å². The summed E-state index contributed by atoms with van der Waals surface area (Å²) in [6, 6.07) is 4.85. The van der Waals surface area contributed by atoms with Crippen LogP contribution in [0.1, 0.15) is 49.9 Å². The summed E-state index contributed by atoms with van der Waals surface area (Å²) < 4.78 is 13.8. The van der Waals surface area contributed by atoms with E-state index in [-0.39, 0.29) is 16.4 Å². The van der Waals surface area contributed by atoms with Crippen molar-refractivity contribution in [2.75, 3.05) is 7.05 Å². The molecule has 0 radical (unpaired) electrons. The highest BCUT2D eigenvalue weighted by molar-refractivity contribution is 9.10. The summed E-state index contributed by atoms with van der Waals surface area (Å²) in [5.74, 6) is -0.505. The van der Waals surface area contributed by atoms with E-state index >= 15 is 0 Å². The molecule has 1 aliphatic carbocycles. The van der Waals surface area contributed by atoms with E-state index in [0.717, 1.165) is 25.7 Å². The molecule has 1 aromatic rings. The van der Waals surface area contributed by atoms with E-state index in [1.807, 2.05) is 7.05 Å². The molecule has 1 saturated carbocycles. The minimum absolute atomic E-state index is 0.110. The Morgan fingerprint density at radius 1 is 1.35 bits per heavy atom. The standard InChI is InChI=1S/C16H21BrFNO/c1-16(2)9-7-11(8-10-16)19(3)15(20)12-5-4-6-13(18)14(12)17/h4-6,11H,7-10H2,1-3H3. The van der Waals surface area contributed by atoms with E-state index in [4.69, 9.17) is 0 Å². The quantitative estimate of drug-likeness (QED) is 0.767. The molecule has 0 spiro atoms. The SMILES string of the molecule is CN(C(=O)c1cccc(F)c1Br)C1CCC(C)(C)CC1. The first kappa shape index (κ1) is 15.5. The van der Waals surface area contributed by atoms with Gasteiger partial charge in [-0.2, -0.15) is 0 Å². The van der Waals surface area contributed by atoms with Crippen LogP contribution in [0.3, 0.4) is 0 Å². The topological polar surface area (TPSA) is 20.3 Å². The summed E-state index contributed by atoms with van der Waals surface area (Å²) in [6.45, 7) is 4.54. The number of benzene rings is 1. The highest BCUT2D eigenvalue weighted by Crippen LogP contribution is 2.37. The molecule has 0 heterocycles. The molecule has 0 unspecified atom stereocenters. The molecule has 0 saturated heterocycles. The Balaban J connectivity index is 2.11. The van der Waals surface area contributed by atoms with Gasteiger partial charge in [-0.05, 0) is 59.2 Å². The first-order valence-electron chi connectivity index (χ1n) is 7.03. The van der Waals surface area contributed by atoms with Crippen LogP contribution in [0, 0.1) is 11.2 Å². The number of hydrogen-bond acceptors (Lipinski definition) is 1. The Bertz CT molecular complexity index is 505. The van der Waals surface area contributed by atoms with Gasteiger partial charge in [0.2, 0.25) is 0 Å². The van der Waals surface area contributed by atoms with E-state index in [1.165, 1.54) is 6.07 Å². The molecule has 0 bridgehead atoms. The fourth-order valence-electron chi connectivity index (χ4n) is 2.80. The van der Waals surface area contributed by atoms with Crippen molar-refractivity contribution >= 4 is 21.8 Å². The number of amides is 1. The first-order valence-corrected chi connectivity index (χ1v) is 7.82. The van der Waals surface area contributed by atoms with E-state index in [0.29, 0.717) is 11.0 Å². The lowest BCUT2D eigenvalue weighted by molar-refractivity contribution is 0.0634. The first-order chi connectivity index (χ1) is 9.32. The predicted molar refractivity (Wildman–Crippen MR) is 82.2 cm³/mol. The van der Waals surface area contributed by atoms with Gasteiger partial charge in [-0.1, -0.05) is 19.9 Å². The van der Waals surface area contributed by atoms with Gasteiger partial charge >= 0.3 is 0 Å². The highest BCUT2D eigenvalue weighted by Gasteiger charge is 2.31. The van der Waals surface area contributed by atoms with Gasteiger partial charge in [-0.3, -0.25) is 4.79 Å². The summed E-state index contributed by atoms with van der Waals surface area (Å²) in [7, 11) is 1.82. The molecule has 20 heavy (non-hydrogen) atoms. The Hall–Kier alpha value is -0.900. The van der Waals surface area contributed by atoms with Crippen LogP contribution in [0.2, 0.25) is 0 Å². The van der Waals surface area contributed by atoms with Gasteiger partial charge in [0.15, 0.2) is 0 Å². The minimum atomic E-state index is -0.394. The molecule has 1 fully saturated rings. The Morgan fingerprint density at radius 3 is 2.55 bits per heavy atom. The van der Waals surface area contributed by atoms with E-state index in [9.17, 15) is 9.18 Å². The molecule has 110 valence electrons. The molecule has 1 aromatic carbocycles. The van der Waals surface area contributed by atoms with Crippen LogP contribution in [0.5, 0.6) is 0 Å². The van der Waals surface area contributed by atoms with Crippen molar-refractivity contribution in [2.45, 2.75) is 45.6 Å². The van der Waals surface area contributed by atoms with Crippen molar-refractivity contribution in [3.8, 4) is 0 Å². The van der Waals surface area contributed by atoms with Gasteiger partial charge < -0.3 is 4.90 Å². The second kappa shape index (κ2) is 5.84. The highest BCUT2D eigenvalue weighted by atomic mass is 79.9. The smallest absolute Gasteiger partial charge is 0.255 e. The third-order valence-electron chi connectivity index (χ3n) is 4.36. The van der Waals surface area contributed by atoms with Gasteiger partial charge in [0.05, 0.1) is 10.0 Å². The van der Waals surface area contributed by atoms with Crippen molar-refractivity contribution in [3.05, 3.63) is 34.1 Å². The monoisotopic (exact) mass is 341 g/mol. The number of halogens is 2. The molecule has 0 aromatic heterocycles. The lowest BCUT2D eigenvalue weighted by Gasteiger charge is -2.38. The maximum atomic E-state index is 13.5. The summed E-state index contributed by atoms with van der Waals surface area (Å²) in [6.07, 6.45) is 4.28. The normalized spacial score (nSPS) is 18.9. The predicted octanol–water partition coefficient (Wildman–Crippen LogP) is 4.63. The Morgan fingerprint density at radius 2 is 1.95 bits per heavy atom. The molecule has 2 rings (SSSR count). The lowest BCUT2D eigenvalue weighted by atomic mass is 9.75. The van der Waals surface area contributed by atoms with Gasteiger partial charge in [-0.25, -0.2) is 4.39 Å². The van der Waals surface area contributed by atoms with E-state index < -0.39 is 5.82 Å². The Kier molecular flexibility index (Phi) is 4.52. The van der Waals surface area contributed by atoms with Crippen LogP contribution in [0.25, 0.3) is 0 Å². The van der Waals surface area contributed by atoms with Crippen LogP contribution < -0.4 is 0 Å². The number of nitrogens with zero attached hydrogens (tertiary/aromatic N) is 1. The summed E-state index contributed by atoms with van der Waals surface area (Å²) >= 11 is 3.17. The maximum Gasteiger partial charge on any atom is 0.255 e. The van der Waals surface area contributed by atoms with Crippen molar-refractivity contribution in [1.29, 1.82) is 0 Å². The third-order valence-corrected chi connectivity index (χ3v) is 5.16. The fourth-order valence-corrected chi connectivity index (χ4v) is 3.23. The lowest BCUT2D eigenvalue weighted by Crippen LogP contribution is -2.41. The summed E-state index contributed by atoms with van der Waals surface area (Å²) in [5.41, 5.74) is 0.775. The number of hydrogen-bond donors (Lipinski definition) is 0. The zero-order valence-corrected chi connectivity index (χ0v) is 13.8. The minimum Gasteiger partial charge on any atom is -0.339 e. The summed E-state index contributed by atoms with van der Waals surface area (Å²) in [4.78, 5) is 14.3. The van der Waals surface area contributed by atoms with Crippen LogP contribution >= 0.6 is 15.9 Å². The van der Waals surface area contributed by atoms with Gasteiger partial charge in [-0.15, -0.1) is 0 Å². The van der Waals surface area contributed by atoms with E-state index in [1.54, 1.807) is 17.0 Å². The van der Waals surface area contributed by atoms with Crippen molar-refractivity contribution in [3.63, 3.8) is 0 Å². The average Bonchev–Trinajstić information content (AvgIpc) is 2.40. The van der Waals surface area contributed by atoms with Crippen LogP contribution in [-0.4, -0.2) is 23.9 Å². The third kappa shape index (κ3) is 3.22. The molecule has 0 N–H and O–H groups in total. The molecule has 4 heteroatoms. The van der Waals surface area contributed by atoms with Crippen LogP contribution in [0.4, 0.5) is 4.39 Å². The maximum absolute atomic E-state index is 13.5. The van der Waals surface area contributed by atoms with Crippen molar-refractivity contribution in [1.82, 2.24) is 4.90 Å². The molecule has 0 atom stereocenters. The zero-order chi connectivity index (χ0) is 14.9. The molecule has 0 aliphatic heterocycles. The van der Waals surface area contributed by atoms with Gasteiger partial charge in [0.1, 0.15) is 5.82 Å². The van der Waals surface area contributed by atoms with Crippen molar-refractivity contribution in [2.24, 2.45) is 5.41 Å². The molecule has 2 nitrogen and oxygen atoms in total. The van der Waals surface area contributed by atoms with Crippen LogP contribution in [0.15, 0.2) is 22.7 Å². The van der Waals surface area contributed by atoms with Crippen molar-refractivity contribution < 1.29 is 9.18 Å². The van der Waals surface area contributed by atoms with Crippen LogP contribution in [-0.2, 0) is 0 Å². The number of carbonyl (C=O) groups excluding carboxylic acids is 1.